The fourth-order valence-corrected chi connectivity index (χ4v) is 1.09. The van der Waals surface area contributed by atoms with Crippen LogP contribution in [0.2, 0.25) is 0 Å². The predicted molar refractivity (Wildman–Crippen MR) is 87.8 cm³/mol. The number of carbonyl (C=O) groups is 4. The summed E-state index contributed by atoms with van der Waals surface area (Å²) in [4.78, 5) is 42.0. The second kappa shape index (κ2) is 18.7. The minimum Gasteiger partial charge on any atom is -0.481 e. The summed E-state index contributed by atoms with van der Waals surface area (Å²) in [5.74, 6) is -3.86. The van der Waals surface area contributed by atoms with Crippen LogP contribution in [0, 0.1) is 0 Å². The average Bonchev–Trinajstić information content (AvgIpc) is 2.52. The van der Waals surface area contributed by atoms with Gasteiger partial charge >= 0.3 is 23.9 Å². The molecule has 24 heavy (non-hydrogen) atoms. The fourth-order valence-electron chi connectivity index (χ4n) is 1.09. The van der Waals surface area contributed by atoms with Crippen molar-refractivity contribution in [2.45, 2.75) is 52.5 Å². The van der Waals surface area contributed by atoms with Crippen LogP contribution in [0.4, 0.5) is 4.79 Å². The van der Waals surface area contributed by atoms with E-state index in [-0.39, 0.29) is 6.42 Å². The smallest absolute Gasteiger partial charge is 0.326 e. The molecule has 0 radical (unpaired) electrons. The standard InChI is InChI=1S/C8H12N2O7.C4H11N.C2H6/c11-5(12)2-1-4(7(15)16)10-8(17)9-3-6(13)14;1-2-3-4-5;1-2/h4H,1-3H2,(H,11,12)(H,13,14)(H,15,16)(H2,9,10,17);2-5H2,1H3;1-2H3/t4-;;/m0../s1. The summed E-state index contributed by atoms with van der Waals surface area (Å²) in [6, 6.07) is -2.36. The SMILES string of the molecule is CC.CCCCN.O=C(O)CC[C@H](NC(=O)NCC(=O)O)C(=O)O. The first-order valence-electron chi connectivity index (χ1n) is 7.65. The van der Waals surface area contributed by atoms with Gasteiger partial charge in [-0.15, -0.1) is 0 Å². The van der Waals surface area contributed by atoms with Gasteiger partial charge in [0.2, 0.25) is 0 Å². The van der Waals surface area contributed by atoms with Crippen LogP contribution in [0.1, 0.15) is 46.5 Å². The molecular weight excluding hydrogens is 322 g/mol. The molecule has 0 unspecified atom stereocenters. The van der Waals surface area contributed by atoms with Crippen molar-refractivity contribution < 1.29 is 34.5 Å². The van der Waals surface area contributed by atoms with E-state index >= 15 is 0 Å². The third-order valence-corrected chi connectivity index (χ3v) is 2.21. The Morgan fingerprint density at radius 2 is 1.58 bits per heavy atom. The maximum Gasteiger partial charge on any atom is 0.326 e. The lowest BCUT2D eigenvalue weighted by Gasteiger charge is -2.13. The number of nitrogens with one attached hydrogen (secondary N) is 2. The summed E-state index contributed by atoms with van der Waals surface area (Å²) in [5, 5.41) is 29.1. The minimum absolute atomic E-state index is 0.287. The Labute approximate surface area is 141 Å². The third kappa shape index (κ3) is 21.9. The van der Waals surface area contributed by atoms with Crippen LogP contribution in [0.3, 0.4) is 0 Å². The van der Waals surface area contributed by atoms with Gasteiger partial charge in [-0.1, -0.05) is 27.2 Å². The Morgan fingerprint density at radius 3 is 1.88 bits per heavy atom. The molecule has 10 nitrogen and oxygen atoms in total. The van der Waals surface area contributed by atoms with E-state index in [1.807, 2.05) is 24.5 Å². The lowest BCUT2D eigenvalue weighted by molar-refractivity contribution is -0.140. The molecule has 2 amide bonds. The molecule has 0 saturated carbocycles. The summed E-state index contributed by atoms with van der Waals surface area (Å²) in [5.41, 5.74) is 5.14. The number of hydrogen-bond donors (Lipinski definition) is 6. The molecule has 0 aromatic heterocycles. The monoisotopic (exact) mass is 351 g/mol. The quantitative estimate of drug-likeness (QED) is 0.346. The van der Waals surface area contributed by atoms with Gasteiger partial charge in [0.15, 0.2) is 0 Å². The van der Waals surface area contributed by atoms with Gasteiger partial charge in [-0.2, -0.15) is 0 Å². The van der Waals surface area contributed by atoms with Crippen molar-refractivity contribution in [1.82, 2.24) is 10.6 Å². The van der Waals surface area contributed by atoms with E-state index in [0.29, 0.717) is 0 Å². The maximum absolute atomic E-state index is 11.0. The largest absolute Gasteiger partial charge is 0.481 e. The molecule has 0 fully saturated rings. The summed E-state index contributed by atoms with van der Waals surface area (Å²) in [6.45, 7) is 6.32. The first-order valence-corrected chi connectivity index (χ1v) is 7.65. The number of amides is 2. The van der Waals surface area contributed by atoms with Crippen molar-refractivity contribution in [2.24, 2.45) is 5.73 Å². The summed E-state index contributed by atoms with van der Waals surface area (Å²) >= 11 is 0. The molecule has 10 heteroatoms. The van der Waals surface area contributed by atoms with Gasteiger partial charge in [-0.05, 0) is 19.4 Å². The number of carbonyl (C=O) groups excluding carboxylic acids is 1. The molecule has 0 spiro atoms. The number of unbranched alkanes of at least 4 members (excludes halogenated alkanes) is 1. The van der Waals surface area contributed by atoms with Crippen molar-refractivity contribution in [2.75, 3.05) is 13.1 Å². The zero-order valence-electron chi connectivity index (χ0n) is 14.4. The van der Waals surface area contributed by atoms with Gasteiger partial charge in [0.05, 0.1) is 0 Å². The highest BCUT2D eigenvalue weighted by Crippen LogP contribution is 1.97. The van der Waals surface area contributed by atoms with E-state index in [1.165, 1.54) is 12.8 Å². The predicted octanol–water partition coefficient (Wildman–Crippen LogP) is 0.460. The van der Waals surface area contributed by atoms with E-state index in [9.17, 15) is 19.2 Å². The number of nitrogens with two attached hydrogens (primary N) is 1. The van der Waals surface area contributed by atoms with E-state index in [0.717, 1.165) is 6.54 Å². The van der Waals surface area contributed by atoms with Crippen LogP contribution >= 0.6 is 0 Å². The second-order valence-corrected chi connectivity index (χ2v) is 4.19. The molecule has 0 bridgehead atoms. The van der Waals surface area contributed by atoms with E-state index in [2.05, 4.69) is 6.92 Å². The van der Waals surface area contributed by atoms with Crippen molar-refractivity contribution >= 4 is 23.9 Å². The highest BCUT2D eigenvalue weighted by atomic mass is 16.4. The Bertz CT molecular complexity index is 373. The molecule has 0 aromatic rings. The van der Waals surface area contributed by atoms with Gasteiger partial charge in [0.25, 0.3) is 0 Å². The molecule has 7 N–H and O–H groups in total. The van der Waals surface area contributed by atoms with Crippen LogP contribution in [0.25, 0.3) is 0 Å². The van der Waals surface area contributed by atoms with Gasteiger partial charge in [-0.25, -0.2) is 9.59 Å². The molecule has 0 aromatic carbocycles. The lowest BCUT2D eigenvalue weighted by Crippen LogP contribution is -2.47. The molecular formula is C14H29N3O7. The number of rotatable bonds is 9. The first-order chi connectivity index (χ1) is 11.2. The van der Waals surface area contributed by atoms with Crippen molar-refractivity contribution in [3.8, 4) is 0 Å². The third-order valence-electron chi connectivity index (χ3n) is 2.21. The van der Waals surface area contributed by atoms with Crippen LogP contribution in [-0.4, -0.2) is 58.4 Å². The fraction of sp³-hybridized carbons (Fsp3) is 0.714. The number of carboxylic acids is 3. The summed E-state index contributed by atoms with van der Waals surface area (Å²) in [6.07, 6.45) is 1.68. The zero-order valence-corrected chi connectivity index (χ0v) is 14.4. The Kier molecular flexibility index (Phi) is 20.7. The first kappa shape index (κ1) is 26.5. The Hall–Kier alpha value is -2.36. The normalized spacial score (nSPS) is 10.0. The zero-order chi connectivity index (χ0) is 19.5. The van der Waals surface area contributed by atoms with E-state index in [4.69, 9.17) is 21.1 Å². The highest BCUT2D eigenvalue weighted by molar-refractivity contribution is 5.85. The molecule has 0 rings (SSSR count). The van der Waals surface area contributed by atoms with Crippen LogP contribution in [-0.2, 0) is 14.4 Å². The van der Waals surface area contributed by atoms with Crippen molar-refractivity contribution in [3.05, 3.63) is 0 Å². The maximum atomic E-state index is 11.0. The van der Waals surface area contributed by atoms with Gasteiger partial charge in [0, 0.05) is 6.42 Å². The van der Waals surface area contributed by atoms with Crippen LogP contribution in [0.15, 0.2) is 0 Å². The second-order valence-electron chi connectivity index (χ2n) is 4.19. The topological polar surface area (TPSA) is 179 Å². The molecule has 142 valence electrons. The summed E-state index contributed by atoms with van der Waals surface area (Å²) in [7, 11) is 0. The number of hydrogen-bond acceptors (Lipinski definition) is 5. The molecule has 0 saturated heterocycles. The molecule has 0 heterocycles. The molecule has 0 aliphatic carbocycles. The van der Waals surface area contributed by atoms with Crippen LogP contribution in [0.5, 0.6) is 0 Å². The number of urea groups is 1. The number of carboxylic acid groups (broad SMARTS) is 3. The molecule has 1 atom stereocenters. The van der Waals surface area contributed by atoms with Gasteiger partial charge in [0.1, 0.15) is 12.6 Å². The lowest BCUT2D eigenvalue weighted by atomic mass is 10.1. The Balaban J connectivity index is -0.000000534. The van der Waals surface area contributed by atoms with Crippen molar-refractivity contribution in [3.63, 3.8) is 0 Å². The molecule has 0 aliphatic rings. The van der Waals surface area contributed by atoms with Gasteiger partial charge < -0.3 is 31.7 Å². The average molecular weight is 351 g/mol. The molecule has 0 aliphatic heterocycles. The minimum atomic E-state index is -1.39. The van der Waals surface area contributed by atoms with Crippen LogP contribution < -0.4 is 16.4 Å². The number of aliphatic carboxylic acids is 3. The van der Waals surface area contributed by atoms with E-state index < -0.39 is 42.9 Å². The van der Waals surface area contributed by atoms with Gasteiger partial charge in [-0.3, -0.25) is 9.59 Å². The van der Waals surface area contributed by atoms with E-state index in [1.54, 1.807) is 0 Å². The Morgan fingerprint density at radius 1 is 1.04 bits per heavy atom. The summed E-state index contributed by atoms with van der Waals surface area (Å²) < 4.78 is 0. The highest BCUT2D eigenvalue weighted by Gasteiger charge is 2.20. The van der Waals surface area contributed by atoms with Crippen molar-refractivity contribution in [1.29, 1.82) is 0 Å².